The smallest absolute Gasteiger partial charge is 0.328 e. The molecule has 0 unspecified atom stereocenters. The molecule has 0 aliphatic heterocycles. The highest BCUT2D eigenvalue weighted by Crippen LogP contribution is 2.45. The largest absolute Gasteiger partial charge is 0.496 e. The minimum atomic E-state index is -0.893. The Bertz CT molecular complexity index is 546. The van der Waals surface area contributed by atoms with Crippen molar-refractivity contribution in [2.75, 3.05) is 7.11 Å². The first kappa shape index (κ1) is 14.6. The number of methoxy groups -OCH3 is 1. The highest BCUT2D eigenvalue weighted by atomic mass is 16.5. The van der Waals surface area contributed by atoms with E-state index in [0.717, 1.165) is 29.7 Å². The molecule has 1 aliphatic rings. The quantitative estimate of drug-likeness (QED) is 0.848. The molecular formula is C17H22O3. The molecule has 0 bridgehead atoms. The van der Waals surface area contributed by atoms with Crippen LogP contribution in [0, 0.1) is 5.92 Å². The fraction of sp³-hybridized carbons (Fsp3) is 0.471. The summed E-state index contributed by atoms with van der Waals surface area (Å²) in [5.74, 6) is 0.211. The normalized spacial score (nSPS) is 16.1. The van der Waals surface area contributed by atoms with E-state index in [2.05, 4.69) is 26.8 Å². The molecule has 3 nitrogen and oxygen atoms in total. The number of hydrogen-bond donors (Lipinski definition) is 1. The Kier molecular flexibility index (Phi) is 3.89. The van der Waals surface area contributed by atoms with Crippen molar-refractivity contribution in [1.29, 1.82) is 0 Å². The van der Waals surface area contributed by atoms with Gasteiger partial charge in [0.15, 0.2) is 0 Å². The van der Waals surface area contributed by atoms with E-state index in [-0.39, 0.29) is 5.41 Å². The second-order valence-corrected chi connectivity index (χ2v) is 6.38. The maximum atomic E-state index is 11.1. The standard InChI is InChI=1S/C17H22O3/c1-17(2,3)12-7-8-15(20-4)14(9-12)13(10-16(18)19)11-5-6-11/h7-11H,5-6H2,1-4H3,(H,18,19)/b13-10+. The second-order valence-electron chi connectivity index (χ2n) is 6.38. The van der Waals surface area contributed by atoms with Gasteiger partial charge in [-0.15, -0.1) is 0 Å². The molecule has 0 heterocycles. The molecule has 1 aromatic carbocycles. The summed E-state index contributed by atoms with van der Waals surface area (Å²) < 4.78 is 5.42. The number of carbonyl (C=O) groups is 1. The lowest BCUT2D eigenvalue weighted by Gasteiger charge is -2.22. The highest BCUT2D eigenvalue weighted by Gasteiger charge is 2.30. The average molecular weight is 274 g/mol. The Morgan fingerprint density at radius 2 is 2.00 bits per heavy atom. The van der Waals surface area contributed by atoms with Crippen molar-refractivity contribution in [2.45, 2.75) is 39.0 Å². The predicted molar refractivity (Wildman–Crippen MR) is 80.0 cm³/mol. The lowest BCUT2D eigenvalue weighted by Crippen LogP contribution is -2.12. The first-order valence-electron chi connectivity index (χ1n) is 6.96. The molecule has 1 saturated carbocycles. The van der Waals surface area contributed by atoms with Crippen LogP contribution in [0.15, 0.2) is 24.3 Å². The lowest BCUT2D eigenvalue weighted by atomic mass is 9.84. The van der Waals surface area contributed by atoms with Gasteiger partial charge >= 0.3 is 5.97 Å². The van der Waals surface area contributed by atoms with E-state index in [9.17, 15) is 4.79 Å². The van der Waals surface area contributed by atoms with Gasteiger partial charge in [0.1, 0.15) is 5.75 Å². The molecule has 0 amide bonds. The van der Waals surface area contributed by atoms with E-state index >= 15 is 0 Å². The zero-order valence-electron chi connectivity index (χ0n) is 12.6. The van der Waals surface area contributed by atoms with Gasteiger partial charge in [0, 0.05) is 11.6 Å². The molecule has 2 rings (SSSR count). The Morgan fingerprint density at radius 1 is 1.35 bits per heavy atom. The number of allylic oxidation sites excluding steroid dienone is 1. The van der Waals surface area contributed by atoms with Gasteiger partial charge in [-0.2, -0.15) is 0 Å². The van der Waals surface area contributed by atoms with Crippen molar-refractivity contribution in [3.05, 3.63) is 35.4 Å². The summed E-state index contributed by atoms with van der Waals surface area (Å²) in [5.41, 5.74) is 3.02. The van der Waals surface area contributed by atoms with Gasteiger partial charge in [0.25, 0.3) is 0 Å². The van der Waals surface area contributed by atoms with E-state index in [1.165, 1.54) is 11.6 Å². The van der Waals surface area contributed by atoms with E-state index in [1.807, 2.05) is 12.1 Å². The van der Waals surface area contributed by atoms with Crippen molar-refractivity contribution in [1.82, 2.24) is 0 Å². The van der Waals surface area contributed by atoms with Crippen LogP contribution in [0.25, 0.3) is 5.57 Å². The van der Waals surface area contributed by atoms with E-state index in [1.54, 1.807) is 7.11 Å². The van der Waals surface area contributed by atoms with Crippen LogP contribution in [-0.4, -0.2) is 18.2 Å². The molecule has 0 atom stereocenters. The summed E-state index contributed by atoms with van der Waals surface area (Å²) in [7, 11) is 1.63. The van der Waals surface area contributed by atoms with Gasteiger partial charge in [-0.3, -0.25) is 0 Å². The third-order valence-corrected chi connectivity index (χ3v) is 3.67. The summed E-state index contributed by atoms with van der Waals surface area (Å²) in [5, 5.41) is 9.10. The lowest BCUT2D eigenvalue weighted by molar-refractivity contribution is -0.131. The number of carboxylic acid groups (broad SMARTS) is 1. The van der Waals surface area contributed by atoms with Gasteiger partial charge in [-0.1, -0.05) is 26.8 Å². The van der Waals surface area contributed by atoms with Crippen molar-refractivity contribution < 1.29 is 14.6 Å². The first-order chi connectivity index (χ1) is 9.32. The zero-order valence-corrected chi connectivity index (χ0v) is 12.6. The van der Waals surface area contributed by atoms with E-state index in [0.29, 0.717) is 5.92 Å². The van der Waals surface area contributed by atoms with Crippen molar-refractivity contribution >= 4 is 11.5 Å². The number of benzene rings is 1. The minimum Gasteiger partial charge on any atom is -0.496 e. The summed E-state index contributed by atoms with van der Waals surface area (Å²) in [4.78, 5) is 11.1. The van der Waals surface area contributed by atoms with Gasteiger partial charge < -0.3 is 9.84 Å². The summed E-state index contributed by atoms with van der Waals surface area (Å²) >= 11 is 0. The topological polar surface area (TPSA) is 46.5 Å². The first-order valence-corrected chi connectivity index (χ1v) is 6.96. The number of ether oxygens (including phenoxy) is 1. The molecule has 0 aromatic heterocycles. The Balaban J connectivity index is 2.54. The second kappa shape index (κ2) is 5.31. The van der Waals surface area contributed by atoms with E-state index < -0.39 is 5.97 Å². The third-order valence-electron chi connectivity index (χ3n) is 3.67. The van der Waals surface area contributed by atoms with Crippen LogP contribution in [0.2, 0.25) is 0 Å². The molecule has 0 saturated heterocycles. The molecule has 1 N–H and O–H groups in total. The molecule has 1 fully saturated rings. The average Bonchev–Trinajstić information content (AvgIpc) is 3.18. The fourth-order valence-electron chi connectivity index (χ4n) is 2.34. The zero-order chi connectivity index (χ0) is 14.9. The van der Waals surface area contributed by atoms with Crippen LogP contribution < -0.4 is 4.74 Å². The number of aliphatic carboxylic acids is 1. The molecule has 3 heteroatoms. The Morgan fingerprint density at radius 3 is 2.45 bits per heavy atom. The van der Waals surface area contributed by atoms with Crippen LogP contribution in [0.1, 0.15) is 44.7 Å². The molecular weight excluding hydrogens is 252 g/mol. The fourth-order valence-corrected chi connectivity index (χ4v) is 2.34. The maximum Gasteiger partial charge on any atom is 0.328 e. The highest BCUT2D eigenvalue weighted by molar-refractivity contribution is 5.92. The van der Waals surface area contributed by atoms with Crippen LogP contribution in [0.4, 0.5) is 0 Å². The molecule has 0 spiro atoms. The van der Waals surface area contributed by atoms with Crippen molar-refractivity contribution in [3.8, 4) is 5.75 Å². The van der Waals surface area contributed by atoms with Crippen LogP contribution >= 0.6 is 0 Å². The van der Waals surface area contributed by atoms with Gasteiger partial charge in [-0.05, 0) is 47.4 Å². The maximum absolute atomic E-state index is 11.1. The number of hydrogen-bond acceptors (Lipinski definition) is 2. The van der Waals surface area contributed by atoms with Crippen LogP contribution in [0.3, 0.4) is 0 Å². The van der Waals surface area contributed by atoms with Gasteiger partial charge in [0.05, 0.1) is 7.11 Å². The van der Waals surface area contributed by atoms with E-state index in [4.69, 9.17) is 9.84 Å². The monoisotopic (exact) mass is 274 g/mol. The van der Waals surface area contributed by atoms with Crippen LogP contribution in [-0.2, 0) is 10.2 Å². The number of rotatable bonds is 4. The minimum absolute atomic E-state index is 0.0267. The Hall–Kier alpha value is -1.77. The van der Waals surface area contributed by atoms with Crippen LogP contribution in [0.5, 0.6) is 5.75 Å². The van der Waals surface area contributed by atoms with Crippen molar-refractivity contribution in [3.63, 3.8) is 0 Å². The van der Waals surface area contributed by atoms with Crippen molar-refractivity contribution in [2.24, 2.45) is 5.92 Å². The summed E-state index contributed by atoms with van der Waals surface area (Å²) in [6.45, 7) is 6.45. The molecule has 108 valence electrons. The SMILES string of the molecule is COc1ccc(C(C)(C)C)cc1/C(=C/C(=O)O)C1CC1. The Labute approximate surface area is 120 Å². The molecule has 1 aromatic rings. The molecule has 20 heavy (non-hydrogen) atoms. The number of carboxylic acids is 1. The summed E-state index contributed by atoms with van der Waals surface area (Å²) in [6, 6.07) is 6.06. The summed E-state index contributed by atoms with van der Waals surface area (Å²) in [6.07, 6.45) is 3.45. The third kappa shape index (κ3) is 3.21. The van der Waals surface area contributed by atoms with Gasteiger partial charge in [0.2, 0.25) is 0 Å². The molecule has 0 radical (unpaired) electrons. The predicted octanol–water partition coefficient (Wildman–Crippen LogP) is 3.87. The van der Waals surface area contributed by atoms with Gasteiger partial charge in [-0.25, -0.2) is 4.79 Å². The molecule has 1 aliphatic carbocycles.